The van der Waals surface area contributed by atoms with Gasteiger partial charge in [-0.25, -0.2) is 0 Å². The first-order valence-corrected chi connectivity index (χ1v) is 7.60. The van der Waals surface area contributed by atoms with E-state index in [1.54, 1.807) is 4.90 Å². The third kappa shape index (κ3) is 2.73. The largest absolute Gasteiger partial charge is 0.342 e. The van der Waals surface area contributed by atoms with E-state index in [0.29, 0.717) is 0 Å². The fourth-order valence-corrected chi connectivity index (χ4v) is 2.74. The van der Waals surface area contributed by atoms with Gasteiger partial charge in [0.1, 0.15) is 12.6 Å². The Labute approximate surface area is 127 Å². The lowest BCUT2D eigenvalue weighted by atomic mass is 9.95. The van der Waals surface area contributed by atoms with Gasteiger partial charge in [-0.3, -0.25) is 9.59 Å². The molecule has 1 aliphatic rings. The van der Waals surface area contributed by atoms with Crippen LogP contribution in [0.5, 0.6) is 0 Å². The summed E-state index contributed by atoms with van der Waals surface area (Å²) >= 11 is 3.47. The van der Waals surface area contributed by atoms with Crippen LogP contribution in [0.25, 0.3) is 0 Å². The van der Waals surface area contributed by atoms with Crippen molar-refractivity contribution in [1.29, 1.82) is 0 Å². The Morgan fingerprint density at radius 1 is 1.45 bits per heavy atom. The molecule has 20 heavy (non-hydrogen) atoms. The molecular weight excluding hydrogens is 320 g/mol. The number of nitrogens with zero attached hydrogens (tertiary/aromatic N) is 1. The van der Waals surface area contributed by atoms with Crippen LogP contribution in [-0.2, 0) is 9.59 Å². The highest BCUT2D eigenvalue weighted by molar-refractivity contribution is 9.10. The molecule has 4 nitrogen and oxygen atoms in total. The topological polar surface area (TPSA) is 49.4 Å². The number of hydrogen-bond donors (Lipinski definition) is 1. The van der Waals surface area contributed by atoms with Crippen LogP contribution >= 0.6 is 15.9 Å². The summed E-state index contributed by atoms with van der Waals surface area (Å²) in [6, 6.07) is 5.26. The van der Waals surface area contributed by atoms with Gasteiger partial charge in [0, 0.05) is 10.2 Å². The third-order valence-electron chi connectivity index (χ3n) is 3.89. The van der Waals surface area contributed by atoms with Crippen LogP contribution in [0.4, 0.5) is 5.69 Å². The number of piperazine rings is 1. The van der Waals surface area contributed by atoms with E-state index in [1.165, 1.54) is 0 Å². The molecule has 1 aromatic rings. The first kappa shape index (κ1) is 15.0. The summed E-state index contributed by atoms with van der Waals surface area (Å²) in [5.41, 5.74) is 1.77. The molecular formula is C15H19BrN2O2. The van der Waals surface area contributed by atoms with Gasteiger partial charge in [0.25, 0.3) is 0 Å². The molecule has 2 rings (SSSR count). The highest BCUT2D eigenvalue weighted by Crippen LogP contribution is 2.29. The zero-order valence-corrected chi connectivity index (χ0v) is 13.5. The van der Waals surface area contributed by atoms with Crippen LogP contribution in [0.1, 0.15) is 25.8 Å². The molecule has 2 unspecified atom stereocenters. The summed E-state index contributed by atoms with van der Waals surface area (Å²) in [4.78, 5) is 26.1. The van der Waals surface area contributed by atoms with Crippen molar-refractivity contribution in [2.45, 2.75) is 33.2 Å². The van der Waals surface area contributed by atoms with Gasteiger partial charge in [0.2, 0.25) is 11.8 Å². The van der Waals surface area contributed by atoms with Crippen LogP contribution < -0.4 is 10.2 Å². The maximum absolute atomic E-state index is 12.6. The lowest BCUT2D eigenvalue weighted by molar-refractivity contribution is -0.132. The predicted octanol–water partition coefficient (Wildman–Crippen LogP) is 2.64. The van der Waals surface area contributed by atoms with E-state index in [2.05, 4.69) is 21.2 Å². The van der Waals surface area contributed by atoms with Gasteiger partial charge in [-0.15, -0.1) is 0 Å². The molecule has 1 fully saturated rings. The Morgan fingerprint density at radius 2 is 2.15 bits per heavy atom. The van der Waals surface area contributed by atoms with Crippen molar-refractivity contribution < 1.29 is 9.59 Å². The number of carbonyl (C=O) groups is 2. The van der Waals surface area contributed by atoms with Gasteiger partial charge in [-0.05, 0) is 30.5 Å². The second-order valence-corrected chi connectivity index (χ2v) is 6.09. The van der Waals surface area contributed by atoms with Crippen molar-refractivity contribution in [3.05, 3.63) is 28.2 Å². The summed E-state index contributed by atoms with van der Waals surface area (Å²) in [6.45, 7) is 6.04. The zero-order chi connectivity index (χ0) is 14.9. The summed E-state index contributed by atoms with van der Waals surface area (Å²) in [6.07, 6.45) is 0.849. The van der Waals surface area contributed by atoms with Crippen LogP contribution in [-0.4, -0.2) is 24.4 Å². The van der Waals surface area contributed by atoms with Crippen LogP contribution in [0.3, 0.4) is 0 Å². The fraction of sp³-hybridized carbons (Fsp3) is 0.467. The molecule has 1 heterocycles. The highest BCUT2D eigenvalue weighted by Gasteiger charge is 2.36. The summed E-state index contributed by atoms with van der Waals surface area (Å²) in [5, 5.41) is 2.81. The van der Waals surface area contributed by atoms with Gasteiger partial charge >= 0.3 is 0 Å². The highest BCUT2D eigenvalue weighted by atomic mass is 79.9. The maximum atomic E-state index is 12.6. The average Bonchev–Trinajstić information content (AvgIpc) is 2.43. The molecule has 0 spiro atoms. The van der Waals surface area contributed by atoms with E-state index in [0.717, 1.165) is 22.1 Å². The molecule has 108 valence electrons. The monoisotopic (exact) mass is 338 g/mol. The number of halogens is 1. The molecule has 1 aliphatic heterocycles. The number of carbonyl (C=O) groups excluding carboxylic acids is 2. The van der Waals surface area contributed by atoms with Gasteiger partial charge in [-0.2, -0.15) is 0 Å². The number of hydrogen-bond acceptors (Lipinski definition) is 2. The standard InChI is InChI=1S/C15H19BrN2O2/c1-4-9(2)14-15(20)18(8-13(19)17-14)12-7-5-6-11(16)10(12)3/h5-7,9,14H,4,8H2,1-3H3,(H,17,19). The Balaban J connectivity index is 2.37. The molecule has 0 aromatic heterocycles. The van der Waals surface area contributed by atoms with Crippen molar-refractivity contribution in [2.24, 2.45) is 5.92 Å². The minimum absolute atomic E-state index is 0.0276. The molecule has 0 bridgehead atoms. The lowest BCUT2D eigenvalue weighted by Gasteiger charge is -2.35. The molecule has 1 N–H and O–H groups in total. The summed E-state index contributed by atoms with van der Waals surface area (Å²) in [5.74, 6) is -0.00358. The van der Waals surface area contributed by atoms with Crippen LogP contribution in [0.2, 0.25) is 0 Å². The minimum Gasteiger partial charge on any atom is -0.342 e. The average molecular weight is 339 g/mol. The Morgan fingerprint density at radius 3 is 2.80 bits per heavy atom. The number of rotatable bonds is 3. The smallest absolute Gasteiger partial charge is 0.250 e. The first-order chi connectivity index (χ1) is 9.45. The van der Waals surface area contributed by atoms with Gasteiger partial charge < -0.3 is 10.2 Å². The molecule has 2 atom stereocenters. The van der Waals surface area contributed by atoms with Crippen molar-refractivity contribution in [2.75, 3.05) is 11.4 Å². The first-order valence-electron chi connectivity index (χ1n) is 6.81. The van der Waals surface area contributed by atoms with Gasteiger partial charge in [0.15, 0.2) is 0 Å². The van der Waals surface area contributed by atoms with E-state index >= 15 is 0 Å². The Hall–Kier alpha value is -1.36. The number of nitrogens with one attached hydrogen (secondary N) is 1. The van der Waals surface area contributed by atoms with Gasteiger partial charge in [-0.1, -0.05) is 42.3 Å². The molecule has 2 amide bonds. The predicted molar refractivity (Wildman–Crippen MR) is 82.6 cm³/mol. The summed E-state index contributed by atoms with van der Waals surface area (Å²) in [7, 11) is 0. The van der Waals surface area contributed by atoms with E-state index in [4.69, 9.17) is 0 Å². The third-order valence-corrected chi connectivity index (χ3v) is 4.75. The minimum atomic E-state index is -0.431. The SMILES string of the molecule is CCC(C)C1NC(=O)CN(c2cccc(Br)c2C)C1=O. The van der Waals surface area contributed by atoms with E-state index in [1.807, 2.05) is 39.0 Å². The summed E-state index contributed by atoms with van der Waals surface area (Å²) < 4.78 is 0.939. The molecule has 5 heteroatoms. The quantitative estimate of drug-likeness (QED) is 0.920. The number of anilines is 1. The van der Waals surface area contributed by atoms with E-state index in [-0.39, 0.29) is 24.3 Å². The van der Waals surface area contributed by atoms with E-state index in [9.17, 15) is 9.59 Å². The normalized spacial score (nSPS) is 20.8. The second kappa shape index (κ2) is 5.95. The van der Waals surface area contributed by atoms with Gasteiger partial charge in [0.05, 0.1) is 0 Å². The Bertz CT molecular complexity index is 545. The molecule has 0 aliphatic carbocycles. The number of amides is 2. The lowest BCUT2D eigenvalue weighted by Crippen LogP contribution is -2.60. The fourth-order valence-electron chi connectivity index (χ4n) is 2.38. The Kier molecular flexibility index (Phi) is 4.48. The molecule has 0 saturated carbocycles. The van der Waals surface area contributed by atoms with Crippen molar-refractivity contribution >= 4 is 33.4 Å². The molecule has 0 radical (unpaired) electrons. The second-order valence-electron chi connectivity index (χ2n) is 5.24. The van der Waals surface area contributed by atoms with Crippen molar-refractivity contribution in [3.63, 3.8) is 0 Å². The molecule has 1 aromatic carbocycles. The van der Waals surface area contributed by atoms with E-state index < -0.39 is 6.04 Å². The maximum Gasteiger partial charge on any atom is 0.250 e. The van der Waals surface area contributed by atoms with Crippen molar-refractivity contribution in [1.82, 2.24) is 5.32 Å². The molecule has 1 saturated heterocycles. The van der Waals surface area contributed by atoms with Crippen molar-refractivity contribution in [3.8, 4) is 0 Å². The van der Waals surface area contributed by atoms with Crippen LogP contribution in [0, 0.1) is 12.8 Å². The zero-order valence-electron chi connectivity index (χ0n) is 11.9. The number of benzene rings is 1. The van der Waals surface area contributed by atoms with Crippen LogP contribution in [0.15, 0.2) is 22.7 Å².